The summed E-state index contributed by atoms with van der Waals surface area (Å²) in [4.78, 5) is 0.103. The van der Waals surface area contributed by atoms with Gasteiger partial charge >= 0.3 is 0 Å². The first kappa shape index (κ1) is 7.42. The molecule has 0 radical (unpaired) electrons. The highest BCUT2D eigenvalue weighted by atomic mass is 32.1. The van der Waals surface area contributed by atoms with Crippen LogP contribution < -0.4 is 0 Å². The van der Waals surface area contributed by atoms with E-state index in [2.05, 4.69) is 25.3 Å². The highest BCUT2D eigenvalue weighted by molar-refractivity contribution is 7.89. The molecule has 0 unspecified atom stereocenters. The standard InChI is InChI=1S/C4H2N2S2/c5-1-3(7)4(8)2-6/h7-8H/b4-3-. The minimum atomic E-state index is 0.0517. The zero-order valence-corrected chi connectivity index (χ0v) is 5.58. The zero-order valence-electron chi connectivity index (χ0n) is 3.79. The quantitative estimate of drug-likeness (QED) is 0.393. The van der Waals surface area contributed by atoms with Crippen LogP contribution in [0.2, 0.25) is 0 Å². The number of rotatable bonds is 0. The number of nitriles is 2. The molecule has 40 valence electrons. The second-order valence-electron chi connectivity index (χ2n) is 0.921. The number of nitrogens with zero attached hydrogens (tertiary/aromatic N) is 2. The van der Waals surface area contributed by atoms with Gasteiger partial charge in [0.1, 0.15) is 21.9 Å². The van der Waals surface area contributed by atoms with Crippen LogP contribution in [0.1, 0.15) is 0 Å². The van der Waals surface area contributed by atoms with Crippen LogP contribution in [-0.4, -0.2) is 0 Å². The van der Waals surface area contributed by atoms with Crippen LogP contribution in [0.3, 0.4) is 0 Å². The minimum absolute atomic E-state index is 0.0517. The van der Waals surface area contributed by atoms with Gasteiger partial charge in [-0.3, -0.25) is 0 Å². The first-order chi connectivity index (χ1) is 3.72. The minimum Gasteiger partial charge on any atom is -0.192 e. The smallest absolute Gasteiger partial charge is 0.108 e. The predicted molar refractivity (Wildman–Crippen MR) is 36.2 cm³/mol. The van der Waals surface area contributed by atoms with Gasteiger partial charge in [-0.1, -0.05) is 0 Å². The Hall–Kier alpha value is -0.580. The summed E-state index contributed by atoms with van der Waals surface area (Å²) in [5.41, 5.74) is 0. The van der Waals surface area contributed by atoms with Gasteiger partial charge in [0.05, 0.1) is 0 Å². The maximum Gasteiger partial charge on any atom is 0.108 e. The molecule has 0 saturated carbocycles. The SMILES string of the molecule is N#C/C(S)=C(/S)C#N. The van der Waals surface area contributed by atoms with Gasteiger partial charge in [0, 0.05) is 0 Å². The second-order valence-corrected chi connectivity index (χ2v) is 1.82. The highest BCUT2D eigenvalue weighted by Gasteiger charge is 1.91. The lowest BCUT2D eigenvalue weighted by Crippen LogP contribution is -1.66. The fourth-order valence-corrected chi connectivity index (χ4v) is 0.206. The molecule has 0 fully saturated rings. The first-order valence-corrected chi connectivity index (χ1v) is 2.54. The van der Waals surface area contributed by atoms with E-state index in [0.717, 1.165) is 0 Å². The van der Waals surface area contributed by atoms with Gasteiger partial charge in [-0.2, -0.15) is 10.5 Å². The molecule has 0 aliphatic carbocycles. The van der Waals surface area contributed by atoms with E-state index in [1.807, 2.05) is 0 Å². The molecule has 0 aliphatic rings. The van der Waals surface area contributed by atoms with Crippen LogP contribution in [0, 0.1) is 22.7 Å². The van der Waals surface area contributed by atoms with Crippen molar-refractivity contribution in [3.63, 3.8) is 0 Å². The summed E-state index contributed by atoms with van der Waals surface area (Å²) in [6.07, 6.45) is 0. The van der Waals surface area contributed by atoms with Crippen molar-refractivity contribution in [3.8, 4) is 12.1 Å². The molecular formula is C4H2N2S2. The molecule has 0 bridgehead atoms. The van der Waals surface area contributed by atoms with Crippen molar-refractivity contribution in [3.05, 3.63) is 9.81 Å². The zero-order chi connectivity index (χ0) is 6.57. The Bertz CT molecular complexity index is 171. The van der Waals surface area contributed by atoms with E-state index in [1.165, 1.54) is 0 Å². The van der Waals surface area contributed by atoms with Gasteiger partial charge < -0.3 is 0 Å². The summed E-state index contributed by atoms with van der Waals surface area (Å²) < 4.78 is 0. The van der Waals surface area contributed by atoms with E-state index in [1.54, 1.807) is 12.1 Å². The Kier molecular flexibility index (Phi) is 3.18. The molecule has 0 N–H and O–H groups in total. The van der Waals surface area contributed by atoms with Crippen molar-refractivity contribution in [2.75, 3.05) is 0 Å². The van der Waals surface area contributed by atoms with E-state index in [4.69, 9.17) is 10.5 Å². The third-order valence-electron chi connectivity index (χ3n) is 0.436. The Labute approximate surface area is 58.2 Å². The maximum atomic E-state index is 8.05. The molecule has 0 aromatic heterocycles. The summed E-state index contributed by atoms with van der Waals surface area (Å²) >= 11 is 7.25. The van der Waals surface area contributed by atoms with Crippen molar-refractivity contribution < 1.29 is 0 Å². The number of thiol groups is 2. The fourth-order valence-electron chi connectivity index (χ4n) is 0.106. The Balaban J connectivity index is 4.41. The molecule has 0 rings (SSSR count). The monoisotopic (exact) mass is 142 g/mol. The van der Waals surface area contributed by atoms with Gasteiger partial charge in [0.2, 0.25) is 0 Å². The molecule has 2 nitrogen and oxygen atoms in total. The summed E-state index contributed by atoms with van der Waals surface area (Å²) in [5, 5.41) is 16.1. The van der Waals surface area contributed by atoms with Crippen LogP contribution in [-0.2, 0) is 0 Å². The Morgan fingerprint density at radius 1 is 1.00 bits per heavy atom. The van der Waals surface area contributed by atoms with Crippen molar-refractivity contribution in [2.45, 2.75) is 0 Å². The number of hydrogen-bond acceptors (Lipinski definition) is 4. The largest absolute Gasteiger partial charge is 0.192 e. The fraction of sp³-hybridized carbons (Fsp3) is 0. The number of hydrogen-bond donors (Lipinski definition) is 2. The van der Waals surface area contributed by atoms with E-state index < -0.39 is 0 Å². The van der Waals surface area contributed by atoms with Crippen LogP contribution in [0.5, 0.6) is 0 Å². The van der Waals surface area contributed by atoms with Gasteiger partial charge in [-0.25, -0.2) is 0 Å². The molecule has 0 spiro atoms. The van der Waals surface area contributed by atoms with Gasteiger partial charge in [0.25, 0.3) is 0 Å². The molecule has 0 aliphatic heterocycles. The van der Waals surface area contributed by atoms with Gasteiger partial charge in [-0.05, 0) is 0 Å². The summed E-state index contributed by atoms with van der Waals surface area (Å²) in [5.74, 6) is 0. The van der Waals surface area contributed by atoms with Crippen LogP contribution in [0.4, 0.5) is 0 Å². The summed E-state index contributed by atoms with van der Waals surface area (Å²) in [6, 6.07) is 3.32. The van der Waals surface area contributed by atoms with E-state index in [0.29, 0.717) is 0 Å². The second kappa shape index (κ2) is 3.43. The first-order valence-electron chi connectivity index (χ1n) is 1.64. The van der Waals surface area contributed by atoms with E-state index in [-0.39, 0.29) is 9.81 Å². The third kappa shape index (κ3) is 1.92. The molecule has 4 heteroatoms. The topological polar surface area (TPSA) is 47.6 Å². The van der Waals surface area contributed by atoms with Crippen LogP contribution >= 0.6 is 25.3 Å². The molecular weight excluding hydrogens is 140 g/mol. The average Bonchev–Trinajstić information content (AvgIpc) is 1.84. The van der Waals surface area contributed by atoms with E-state index in [9.17, 15) is 0 Å². The van der Waals surface area contributed by atoms with E-state index >= 15 is 0 Å². The maximum absolute atomic E-state index is 8.05. The lowest BCUT2D eigenvalue weighted by atomic mass is 10.5. The molecule has 0 atom stereocenters. The van der Waals surface area contributed by atoms with Crippen LogP contribution in [0.25, 0.3) is 0 Å². The third-order valence-corrected chi connectivity index (χ3v) is 1.26. The van der Waals surface area contributed by atoms with Gasteiger partial charge in [0.15, 0.2) is 0 Å². The Morgan fingerprint density at radius 2 is 1.25 bits per heavy atom. The molecule has 0 heterocycles. The average molecular weight is 142 g/mol. The normalized spacial score (nSPS) is 11.0. The predicted octanol–water partition coefficient (Wildman–Crippen LogP) is 1.10. The van der Waals surface area contributed by atoms with Crippen molar-refractivity contribution >= 4 is 25.3 Å². The Morgan fingerprint density at radius 3 is 1.38 bits per heavy atom. The molecule has 0 aromatic rings. The summed E-state index contributed by atoms with van der Waals surface area (Å²) in [6.45, 7) is 0. The number of allylic oxidation sites excluding steroid dienone is 2. The van der Waals surface area contributed by atoms with Crippen LogP contribution in [0.15, 0.2) is 9.81 Å². The highest BCUT2D eigenvalue weighted by Crippen LogP contribution is 2.08. The summed E-state index contributed by atoms with van der Waals surface area (Å²) in [7, 11) is 0. The molecule has 8 heavy (non-hydrogen) atoms. The van der Waals surface area contributed by atoms with Crippen molar-refractivity contribution in [1.29, 1.82) is 10.5 Å². The van der Waals surface area contributed by atoms with Gasteiger partial charge in [-0.15, -0.1) is 25.3 Å². The lowest BCUT2D eigenvalue weighted by molar-refractivity contribution is 1.50. The molecule has 0 saturated heterocycles. The van der Waals surface area contributed by atoms with Crippen molar-refractivity contribution in [2.24, 2.45) is 0 Å². The molecule has 0 aromatic carbocycles. The lowest BCUT2D eigenvalue weighted by Gasteiger charge is -1.79. The van der Waals surface area contributed by atoms with Crippen molar-refractivity contribution in [1.82, 2.24) is 0 Å². The molecule has 0 amide bonds.